The number of hydrogen-bond donors (Lipinski definition) is 1. The minimum Gasteiger partial charge on any atom is -0.321 e. The molecule has 1 saturated heterocycles. The molecule has 0 bridgehead atoms. The maximum Gasteiger partial charge on any atom is 0.241 e. The molecule has 1 fully saturated rings. The van der Waals surface area contributed by atoms with E-state index >= 15 is 0 Å². The molecule has 0 spiro atoms. The van der Waals surface area contributed by atoms with Crippen molar-refractivity contribution >= 4 is 17.5 Å². The van der Waals surface area contributed by atoms with Gasteiger partial charge in [-0.3, -0.25) is 10.1 Å². The van der Waals surface area contributed by atoms with Gasteiger partial charge in [0.2, 0.25) is 5.91 Å². The Hall–Kier alpha value is -1.06. The Morgan fingerprint density at radius 1 is 1.26 bits per heavy atom. The number of halogens is 1. The molecule has 3 nitrogen and oxygen atoms in total. The second-order valence-electron chi connectivity index (χ2n) is 6.37. The van der Waals surface area contributed by atoms with Crippen molar-refractivity contribution in [2.75, 3.05) is 6.54 Å². The second-order valence-corrected chi connectivity index (χ2v) is 6.81. The smallest absolute Gasteiger partial charge is 0.241 e. The Bertz CT molecular complexity index is 464. The average Bonchev–Trinajstić information content (AvgIpc) is 2.57. The van der Waals surface area contributed by atoms with Crippen LogP contribution in [0.3, 0.4) is 0 Å². The third kappa shape index (κ3) is 3.28. The topological polar surface area (TPSA) is 32.3 Å². The van der Waals surface area contributed by atoms with Gasteiger partial charge in [-0.15, -0.1) is 0 Å². The van der Waals surface area contributed by atoms with E-state index in [1.165, 1.54) is 0 Å². The lowest BCUT2D eigenvalue weighted by atomic mass is 9.95. The Morgan fingerprint density at radius 2 is 1.84 bits per heavy atom. The molecular formula is C15H21ClN2O. The molecule has 0 aromatic heterocycles. The summed E-state index contributed by atoms with van der Waals surface area (Å²) in [7, 11) is 0. The third-order valence-electron chi connectivity index (χ3n) is 3.20. The lowest BCUT2D eigenvalue weighted by Crippen LogP contribution is -2.37. The summed E-state index contributed by atoms with van der Waals surface area (Å²) in [6.07, 6.45) is -0.0565. The fourth-order valence-corrected chi connectivity index (χ4v) is 2.50. The normalized spacial score (nSPS) is 24.1. The van der Waals surface area contributed by atoms with Crippen LogP contribution in [0.25, 0.3) is 0 Å². The third-order valence-corrected chi connectivity index (χ3v) is 3.46. The highest BCUT2D eigenvalue weighted by molar-refractivity contribution is 6.30. The first-order valence-electron chi connectivity index (χ1n) is 6.60. The number of nitrogens with zero attached hydrogens (tertiary/aromatic N) is 1. The van der Waals surface area contributed by atoms with Crippen LogP contribution in [-0.2, 0) is 4.79 Å². The van der Waals surface area contributed by atoms with Crippen molar-refractivity contribution < 1.29 is 4.79 Å². The van der Waals surface area contributed by atoms with E-state index < -0.39 is 0 Å². The van der Waals surface area contributed by atoms with Gasteiger partial charge in [0.05, 0.1) is 6.04 Å². The van der Waals surface area contributed by atoms with Crippen LogP contribution in [0.5, 0.6) is 0 Å². The number of carbonyl (C=O) groups is 1. The van der Waals surface area contributed by atoms with Crippen LogP contribution in [0.1, 0.15) is 39.4 Å². The number of benzene rings is 1. The molecule has 104 valence electrons. The summed E-state index contributed by atoms with van der Waals surface area (Å²) < 4.78 is 0. The monoisotopic (exact) mass is 280 g/mol. The van der Waals surface area contributed by atoms with E-state index in [9.17, 15) is 4.79 Å². The Balaban J connectivity index is 2.27. The van der Waals surface area contributed by atoms with Crippen molar-refractivity contribution in [3.05, 3.63) is 34.9 Å². The standard InChI is InChI=1S/C15H21ClN2O/c1-10-14(19)18(9-15(2,3)4)13(17-10)11-5-7-12(16)8-6-11/h5-8,10,13,17H,9H2,1-4H3. The molecule has 2 unspecified atom stereocenters. The second kappa shape index (κ2) is 5.14. The lowest BCUT2D eigenvalue weighted by molar-refractivity contribution is -0.131. The number of carbonyl (C=O) groups excluding carboxylic acids is 1. The summed E-state index contributed by atoms with van der Waals surface area (Å²) in [5.74, 6) is 0.162. The Kier molecular flexibility index (Phi) is 3.88. The predicted molar refractivity (Wildman–Crippen MR) is 78.0 cm³/mol. The molecule has 0 saturated carbocycles. The van der Waals surface area contributed by atoms with E-state index in [2.05, 4.69) is 26.1 Å². The predicted octanol–water partition coefficient (Wildman–Crippen LogP) is 3.21. The fraction of sp³-hybridized carbons (Fsp3) is 0.533. The van der Waals surface area contributed by atoms with Gasteiger partial charge in [0, 0.05) is 11.6 Å². The van der Waals surface area contributed by atoms with Gasteiger partial charge >= 0.3 is 0 Å². The zero-order valence-corrected chi connectivity index (χ0v) is 12.7. The first-order valence-corrected chi connectivity index (χ1v) is 6.98. The summed E-state index contributed by atoms with van der Waals surface area (Å²) >= 11 is 5.92. The molecule has 4 heteroatoms. The molecule has 1 aliphatic heterocycles. The summed E-state index contributed by atoms with van der Waals surface area (Å²) in [4.78, 5) is 14.2. The first-order chi connectivity index (χ1) is 8.78. The Labute approximate surface area is 119 Å². The SMILES string of the molecule is CC1NC(c2ccc(Cl)cc2)N(CC(C)(C)C)C1=O. The maximum absolute atomic E-state index is 12.3. The van der Waals surface area contributed by atoms with Crippen LogP contribution in [0.4, 0.5) is 0 Å². The molecule has 1 aliphatic rings. The van der Waals surface area contributed by atoms with Crippen molar-refractivity contribution in [2.45, 2.75) is 39.9 Å². The molecule has 1 heterocycles. The maximum atomic E-state index is 12.3. The van der Waals surface area contributed by atoms with Crippen LogP contribution in [0, 0.1) is 5.41 Å². The quantitative estimate of drug-likeness (QED) is 0.902. The molecule has 2 rings (SSSR count). The summed E-state index contributed by atoms with van der Waals surface area (Å²) in [5, 5.41) is 4.06. The van der Waals surface area contributed by atoms with E-state index in [1.807, 2.05) is 36.1 Å². The van der Waals surface area contributed by atoms with Crippen molar-refractivity contribution in [3.8, 4) is 0 Å². The molecule has 0 aliphatic carbocycles. The van der Waals surface area contributed by atoms with Crippen LogP contribution < -0.4 is 5.32 Å². The van der Waals surface area contributed by atoms with Gasteiger partial charge in [0.1, 0.15) is 6.17 Å². The number of hydrogen-bond acceptors (Lipinski definition) is 2. The highest BCUT2D eigenvalue weighted by atomic mass is 35.5. The lowest BCUT2D eigenvalue weighted by Gasteiger charge is -2.31. The van der Waals surface area contributed by atoms with Crippen molar-refractivity contribution in [1.82, 2.24) is 10.2 Å². The summed E-state index contributed by atoms with van der Waals surface area (Å²) in [6, 6.07) is 7.54. The van der Waals surface area contributed by atoms with Crippen LogP contribution in [0.2, 0.25) is 5.02 Å². The van der Waals surface area contributed by atoms with E-state index in [-0.39, 0.29) is 23.5 Å². The molecule has 1 aromatic carbocycles. The fourth-order valence-electron chi connectivity index (χ4n) is 2.38. The largest absolute Gasteiger partial charge is 0.321 e. The Morgan fingerprint density at radius 3 is 2.37 bits per heavy atom. The van der Waals surface area contributed by atoms with Crippen molar-refractivity contribution in [1.29, 1.82) is 0 Å². The van der Waals surface area contributed by atoms with Gasteiger partial charge in [0.15, 0.2) is 0 Å². The molecule has 1 amide bonds. The van der Waals surface area contributed by atoms with E-state index in [0.717, 1.165) is 12.1 Å². The average molecular weight is 281 g/mol. The van der Waals surface area contributed by atoms with Gasteiger partial charge in [0.25, 0.3) is 0 Å². The van der Waals surface area contributed by atoms with E-state index in [4.69, 9.17) is 11.6 Å². The molecular weight excluding hydrogens is 260 g/mol. The zero-order chi connectivity index (χ0) is 14.2. The minimum atomic E-state index is -0.136. The van der Waals surface area contributed by atoms with Crippen LogP contribution >= 0.6 is 11.6 Å². The highest BCUT2D eigenvalue weighted by Crippen LogP contribution is 2.29. The van der Waals surface area contributed by atoms with E-state index in [0.29, 0.717) is 5.02 Å². The van der Waals surface area contributed by atoms with E-state index in [1.54, 1.807) is 0 Å². The summed E-state index contributed by atoms with van der Waals surface area (Å²) in [5.41, 5.74) is 1.15. The van der Waals surface area contributed by atoms with Gasteiger partial charge in [-0.2, -0.15) is 0 Å². The highest BCUT2D eigenvalue weighted by Gasteiger charge is 2.38. The van der Waals surface area contributed by atoms with Gasteiger partial charge in [-0.05, 0) is 30.0 Å². The van der Waals surface area contributed by atoms with Crippen LogP contribution in [0.15, 0.2) is 24.3 Å². The van der Waals surface area contributed by atoms with Crippen LogP contribution in [-0.4, -0.2) is 23.4 Å². The van der Waals surface area contributed by atoms with Gasteiger partial charge in [-0.1, -0.05) is 44.5 Å². The number of rotatable bonds is 2. The molecule has 0 radical (unpaired) electrons. The molecule has 19 heavy (non-hydrogen) atoms. The first kappa shape index (κ1) is 14.4. The number of nitrogens with one attached hydrogen (secondary N) is 1. The van der Waals surface area contributed by atoms with Gasteiger partial charge in [-0.25, -0.2) is 0 Å². The number of amides is 1. The zero-order valence-electron chi connectivity index (χ0n) is 11.9. The summed E-state index contributed by atoms with van der Waals surface area (Å²) in [6.45, 7) is 9.07. The van der Waals surface area contributed by atoms with Gasteiger partial charge < -0.3 is 4.90 Å². The van der Waals surface area contributed by atoms with Crippen molar-refractivity contribution in [2.24, 2.45) is 5.41 Å². The molecule has 2 atom stereocenters. The molecule has 1 aromatic rings. The van der Waals surface area contributed by atoms with Crippen molar-refractivity contribution in [3.63, 3.8) is 0 Å². The minimum absolute atomic E-state index is 0.0565. The molecule has 1 N–H and O–H groups in total.